The fourth-order valence-corrected chi connectivity index (χ4v) is 5.03. The lowest BCUT2D eigenvalue weighted by Crippen LogP contribution is -2.11. The topological polar surface area (TPSA) is 73.0 Å². The van der Waals surface area contributed by atoms with E-state index in [-0.39, 0.29) is 16.1 Å². The Kier molecular flexibility index (Phi) is 4.17. The second kappa shape index (κ2) is 5.41. The number of thiazole rings is 1. The fourth-order valence-electron chi connectivity index (χ4n) is 1.41. The summed E-state index contributed by atoms with van der Waals surface area (Å²) in [6.07, 6.45) is 0. The Morgan fingerprint density at radius 1 is 1.35 bits per heavy atom. The second-order valence-corrected chi connectivity index (χ2v) is 8.29. The summed E-state index contributed by atoms with van der Waals surface area (Å²) in [5.74, 6) is -1.16. The molecule has 20 heavy (non-hydrogen) atoms. The number of nitrogens with two attached hydrogens (primary N) is 1. The van der Waals surface area contributed by atoms with E-state index in [1.165, 1.54) is 0 Å². The Morgan fingerprint density at radius 3 is 2.70 bits per heavy atom. The summed E-state index contributed by atoms with van der Waals surface area (Å²) >= 11 is 0.549. The van der Waals surface area contributed by atoms with Crippen LogP contribution in [0.5, 0.6) is 0 Å². The third kappa shape index (κ3) is 3.76. The van der Waals surface area contributed by atoms with Gasteiger partial charge in [-0.2, -0.15) is 13.2 Å². The molecule has 0 spiro atoms. The van der Waals surface area contributed by atoms with E-state index < -0.39 is 26.9 Å². The quantitative estimate of drug-likeness (QED) is 0.865. The Hall–Kier alpha value is -1.00. The molecule has 0 saturated heterocycles. The van der Waals surface area contributed by atoms with Gasteiger partial charge in [0.05, 0.1) is 16.0 Å². The Bertz CT molecular complexity index is 725. The van der Waals surface area contributed by atoms with Gasteiger partial charge in [-0.3, -0.25) is 0 Å². The highest BCUT2D eigenvalue weighted by Gasteiger charge is 2.29. The Labute approximate surface area is 121 Å². The monoisotopic (exact) mass is 342 g/mol. The van der Waals surface area contributed by atoms with Crippen molar-refractivity contribution in [3.05, 3.63) is 18.2 Å². The van der Waals surface area contributed by atoms with Crippen molar-refractivity contribution in [3.8, 4) is 0 Å². The highest BCUT2D eigenvalue weighted by atomic mass is 32.2. The number of hydrogen-bond acceptors (Lipinski definition) is 6. The van der Waals surface area contributed by atoms with Crippen LogP contribution in [0.4, 0.5) is 18.9 Å². The van der Waals surface area contributed by atoms with Gasteiger partial charge in [0.15, 0.2) is 0 Å². The van der Waals surface area contributed by atoms with Crippen LogP contribution in [0, 0.1) is 0 Å². The number of thioether (sulfide) groups is 1. The SMILES string of the molecule is Nc1ccc2nc(S(=O)(=O)CCSC(F)(F)F)sc2c1. The minimum absolute atomic E-state index is 0.180. The lowest BCUT2D eigenvalue weighted by Gasteiger charge is -2.04. The van der Waals surface area contributed by atoms with E-state index >= 15 is 0 Å². The van der Waals surface area contributed by atoms with Crippen molar-refractivity contribution < 1.29 is 21.6 Å². The molecular weight excluding hydrogens is 333 g/mol. The molecule has 1 aromatic heterocycles. The van der Waals surface area contributed by atoms with Crippen LogP contribution in [0.2, 0.25) is 0 Å². The third-order valence-electron chi connectivity index (χ3n) is 2.28. The zero-order valence-corrected chi connectivity index (χ0v) is 12.3. The molecule has 10 heteroatoms. The van der Waals surface area contributed by atoms with Crippen molar-refractivity contribution in [2.75, 3.05) is 17.2 Å². The van der Waals surface area contributed by atoms with E-state index in [1.54, 1.807) is 18.2 Å². The van der Waals surface area contributed by atoms with E-state index in [0.717, 1.165) is 11.3 Å². The standard InChI is InChI=1S/C10H9F3N2O2S3/c11-10(12,13)18-3-4-20(16,17)9-15-7-2-1-6(14)5-8(7)19-9/h1-2,5H,3-4,14H2. The van der Waals surface area contributed by atoms with Crippen LogP contribution in [-0.4, -0.2) is 30.4 Å². The van der Waals surface area contributed by atoms with Crippen molar-refractivity contribution >= 4 is 48.8 Å². The molecule has 0 aliphatic heterocycles. The van der Waals surface area contributed by atoms with Crippen molar-refractivity contribution in [1.29, 1.82) is 0 Å². The third-order valence-corrected chi connectivity index (χ3v) is 6.46. The van der Waals surface area contributed by atoms with Gasteiger partial charge >= 0.3 is 5.51 Å². The largest absolute Gasteiger partial charge is 0.441 e. The molecule has 0 radical (unpaired) electrons. The summed E-state index contributed by atoms with van der Waals surface area (Å²) < 4.78 is 60.2. The Balaban J connectivity index is 2.19. The molecule has 0 amide bonds. The van der Waals surface area contributed by atoms with Crippen molar-refractivity contribution in [3.63, 3.8) is 0 Å². The lowest BCUT2D eigenvalue weighted by atomic mass is 10.3. The fraction of sp³-hybridized carbons (Fsp3) is 0.300. The van der Waals surface area contributed by atoms with Gasteiger partial charge in [-0.1, -0.05) is 0 Å². The molecule has 0 fully saturated rings. The van der Waals surface area contributed by atoms with Gasteiger partial charge in [-0.25, -0.2) is 13.4 Å². The van der Waals surface area contributed by atoms with Gasteiger partial charge in [-0.05, 0) is 30.0 Å². The number of aromatic nitrogens is 1. The van der Waals surface area contributed by atoms with Gasteiger partial charge < -0.3 is 5.73 Å². The summed E-state index contributed by atoms with van der Waals surface area (Å²) in [7, 11) is -3.81. The molecule has 110 valence electrons. The van der Waals surface area contributed by atoms with Crippen LogP contribution in [0.1, 0.15) is 0 Å². The van der Waals surface area contributed by atoms with Gasteiger partial charge in [0.25, 0.3) is 0 Å². The molecule has 2 N–H and O–H groups in total. The first-order chi connectivity index (χ1) is 9.17. The summed E-state index contributed by atoms with van der Waals surface area (Å²) in [5, 5.41) is 0. The van der Waals surface area contributed by atoms with Crippen LogP contribution in [0.25, 0.3) is 10.2 Å². The van der Waals surface area contributed by atoms with Gasteiger partial charge in [-0.15, -0.1) is 11.3 Å². The number of nitrogen functional groups attached to an aromatic ring is 1. The van der Waals surface area contributed by atoms with Crippen molar-refractivity contribution in [2.24, 2.45) is 0 Å². The predicted octanol–water partition coefficient (Wildman–Crippen LogP) is 2.91. The highest BCUT2D eigenvalue weighted by molar-refractivity contribution is 8.01. The maximum absolute atomic E-state index is 12.0. The zero-order chi connectivity index (χ0) is 15.0. The van der Waals surface area contributed by atoms with Gasteiger partial charge in [0.1, 0.15) is 0 Å². The normalized spacial score (nSPS) is 12.9. The molecule has 2 aromatic rings. The maximum Gasteiger partial charge on any atom is 0.441 e. The molecule has 1 heterocycles. The molecule has 0 atom stereocenters. The summed E-state index contributed by atoms with van der Waals surface area (Å²) in [6.45, 7) is 0. The van der Waals surface area contributed by atoms with Crippen molar-refractivity contribution in [1.82, 2.24) is 4.98 Å². The maximum atomic E-state index is 12.0. The molecule has 0 aliphatic carbocycles. The minimum atomic E-state index is -4.43. The van der Waals surface area contributed by atoms with Gasteiger partial charge in [0, 0.05) is 11.4 Å². The van der Waals surface area contributed by atoms with E-state index in [9.17, 15) is 21.6 Å². The number of alkyl halides is 3. The van der Waals surface area contributed by atoms with Crippen LogP contribution in [0.15, 0.2) is 22.5 Å². The van der Waals surface area contributed by atoms with Gasteiger partial charge in [0.2, 0.25) is 14.2 Å². The number of rotatable bonds is 4. The molecular formula is C10H9F3N2O2S3. The predicted molar refractivity (Wildman–Crippen MR) is 74.6 cm³/mol. The summed E-state index contributed by atoms with van der Waals surface area (Å²) in [4.78, 5) is 3.93. The van der Waals surface area contributed by atoms with Crippen LogP contribution >= 0.6 is 23.1 Å². The van der Waals surface area contributed by atoms with Crippen LogP contribution in [-0.2, 0) is 9.84 Å². The first kappa shape index (κ1) is 15.4. The number of sulfone groups is 1. The molecule has 0 saturated carbocycles. The van der Waals surface area contributed by atoms with Crippen molar-refractivity contribution in [2.45, 2.75) is 9.85 Å². The molecule has 1 aromatic carbocycles. The number of hydrogen-bond donors (Lipinski definition) is 1. The minimum Gasteiger partial charge on any atom is -0.399 e. The zero-order valence-electron chi connectivity index (χ0n) is 9.85. The number of anilines is 1. The number of fused-ring (bicyclic) bond motifs is 1. The number of halogens is 3. The molecule has 0 unspecified atom stereocenters. The molecule has 0 bridgehead atoms. The summed E-state index contributed by atoms with van der Waals surface area (Å²) in [5.41, 5.74) is 2.07. The first-order valence-electron chi connectivity index (χ1n) is 5.27. The number of nitrogens with zero attached hydrogens (tertiary/aromatic N) is 1. The van der Waals surface area contributed by atoms with E-state index in [0.29, 0.717) is 15.9 Å². The average molecular weight is 342 g/mol. The molecule has 0 aliphatic rings. The molecule has 2 rings (SSSR count). The highest BCUT2D eigenvalue weighted by Crippen LogP contribution is 2.32. The lowest BCUT2D eigenvalue weighted by molar-refractivity contribution is -0.0326. The first-order valence-corrected chi connectivity index (χ1v) is 8.72. The van der Waals surface area contributed by atoms with Crippen LogP contribution in [0.3, 0.4) is 0 Å². The molecule has 4 nitrogen and oxygen atoms in total. The summed E-state index contributed by atoms with van der Waals surface area (Å²) in [6, 6.07) is 4.74. The Morgan fingerprint density at radius 2 is 2.05 bits per heavy atom. The smallest absolute Gasteiger partial charge is 0.399 e. The van der Waals surface area contributed by atoms with E-state index in [1.807, 2.05) is 0 Å². The van der Waals surface area contributed by atoms with Crippen LogP contribution < -0.4 is 5.73 Å². The average Bonchev–Trinajstić information content (AvgIpc) is 2.70. The van der Waals surface area contributed by atoms with E-state index in [4.69, 9.17) is 5.73 Å². The number of benzene rings is 1. The van der Waals surface area contributed by atoms with E-state index in [2.05, 4.69) is 4.98 Å². The second-order valence-electron chi connectivity index (χ2n) is 3.82.